The van der Waals surface area contributed by atoms with Crippen LogP contribution in [-0.4, -0.2) is 24.3 Å². The van der Waals surface area contributed by atoms with Gasteiger partial charge in [-0.05, 0) is 5.57 Å². The SMILES string of the molecule is NCC1=CC=CC2C=C(CO)NC12. The third kappa shape index (κ3) is 1.41. The Bertz CT molecular complexity index is 291. The van der Waals surface area contributed by atoms with Gasteiger partial charge in [0, 0.05) is 18.2 Å². The van der Waals surface area contributed by atoms with Gasteiger partial charge in [-0.3, -0.25) is 0 Å². The lowest BCUT2D eigenvalue weighted by molar-refractivity contribution is 0.322. The fraction of sp³-hybridized carbons (Fsp3) is 0.400. The Morgan fingerprint density at radius 2 is 2.38 bits per heavy atom. The molecule has 0 bridgehead atoms. The number of allylic oxidation sites excluding steroid dienone is 2. The van der Waals surface area contributed by atoms with E-state index in [1.165, 1.54) is 5.57 Å². The van der Waals surface area contributed by atoms with Gasteiger partial charge in [-0.2, -0.15) is 0 Å². The summed E-state index contributed by atoms with van der Waals surface area (Å²) in [5.41, 5.74) is 7.72. The minimum atomic E-state index is 0.0820. The molecule has 0 aromatic rings. The van der Waals surface area contributed by atoms with Gasteiger partial charge in [-0.15, -0.1) is 0 Å². The van der Waals surface area contributed by atoms with Gasteiger partial charge in [0.2, 0.25) is 0 Å². The van der Waals surface area contributed by atoms with Crippen molar-refractivity contribution in [2.45, 2.75) is 6.04 Å². The molecule has 0 aromatic carbocycles. The average molecular weight is 178 g/mol. The van der Waals surface area contributed by atoms with Crippen LogP contribution in [0.2, 0.25) is 0 Å². The second-order valence-electron chi connectivity index (χ2n) is 3.38. The highest BCUT2D eigenvalue weighted by atomic mass is 16.3. The van der Waals surface area contributed by atoms with Crippen molar-refractivity contribution in [1.29, 1.82) is 0 Å². The quantitative estimate of drug-likeness (QED) is 0.553. The van der Waals surface area contributed by atoms with Crippen LogP contribution in [0, 0.1) is 5.92 Å². The van der Waals surface area contributed by atoms with E-state index in [-0.39, 0.29) is 12.6 Å². The van der Waals surface area contributed by atoms with Crippen LogP contribution in [0.15, 0.2) is 35.6 Å². The highest BCUT2D eigenvalue weighted by molar-refractivity contribution is 5.35. The first-order valence-corrected chi connectivity index (χ1v) is 4.50. The summed E-state index contributed by atoms with van der Waals surface area (Å²) in [4.78, 5) is 0. The first-order chi connectivity index (χ1) is 6.35. The number of rotatable bonds is 2. The van der Waals surface area contributed by atoms with Crippen molar-refractivity contribution in [3.63, 3.8) is 0 Å². The van der Waals surface area contributed by atoms with E-state index in [2.05, 4.69) is 17.5 Å². The highest BCUT2D eigenvalue weighted by Gasteiger charge is 2.28. The summed E-state index contributed by atoms with van der Waals surface area (Å²) in [5, 5.41) is 12.2. The molecule has 2 aliphatic rings. The molecule has 1 heterocycles. The maximum absolute atomic E-state index is 8.97. The molecule has 0 amide bonds. The number of hydrogen-bond acceptors (Lipinski definition) is 3. The summed E-state index contributed by atoms with van der Waals surface area (Å²) >= 11 is 0. The van der Waals surface area contributed by atoms with Crippen LogP contribution in [0.3, 0.4) is 0 Å². The summed E-state index contributed by atoms with van der Waals surface area (Å²) in [5.74, 6) is 0.366. The molecule has 0 radical (unpaired) electrons. The monoisotopic (exact) mass is 178 g/mol. The van der Waals surface area contributed by atoms with Gasteiger partial charge < -0.3 is 16.2 Å². The number of fused-ring (bicyclic) bond motifs is 1. The van der Waals surface area contributed by atoms with Gasteiger partial charge in [0.1, 0.15) is 0 Å². The average Bonchev–Trinajstić information content (AvgIpc) is 2.59. The molecule has 0 saturated carbocycles. The number of nitrogens with two attached hydrogens (primary N) is 1. The van der Waals surface area contributed by atoms with Crippen molar-refractivity contribution in [2.75, 3.05) is 13.2 Å². The zero-order valence-electron chi connectivity index (χ0n) is 7.40. The van der Waals surface area contributed by atoms with E-state index in [1.807, 2.05) is 12.2 Å². The van der Waals surface area contributed by atoms with Crippen molar-refractivity contribution < 1.29 is 5.11 Å². The summed E-state index contributed by atoms with van der Waals surface area (Å²) in [7, 11) is 0. The molecule has 2 unspecified atom stereocenters. The molecule has 70 valence electrons. The highest BCUT2D eigenvalue weighted by Crippen LogP contribution is 2.26. The van der Waals surface area contributed by atoms with Crippen LogP contribution in [0.25, 0.3) is 0 Å². The van der Waals surface area contributed by atoms with Crippen molar-refractivity contribution in [2.24, 2.45) is 11.7 Å². The van der Waals surface area contributed by atoms with Crippen molar-refractivity contribution >= 4 is 0 Å². The van der Waals surface area contributed by atoms with Crippen molar-refractivity contribution in [3.05, 3.63) is 35.6 Å². The molecule has 0 spiro atoms. The van der Waals surface area contributed by atoms with E-state index < -0.39 is 0 Å². The predicted molar refractivity (Wildman–Crippen MR) is 51.9 cm³/mol. The number of aliphatic hydroxyl groups is 1. The topological polar surface area (TPSA) is 58.3 Å². The first-order valence-electron chi connectivity index (χ1n) is 4.50. The molecule has 2 rings (SSSR count). The molecule has 1 aliphatic heterocycles. The van der Waals surface area contributed by atoms with E-state index in [9.17, 15) is 0 Å². The van der Waals surface area contributed by atoms with Crippen LogP contribution >= 0.6 is 0 Å². The van der Waals surface area contributed by atoms with Crippen molar-refractivity contribution in [3.8, 4) is 0 Å². The van der Waals surface area contributed by atoms with E-state index in [1.54, 1.807) is 0 Å². The maximum Gasteiger partial charge on any atom is 0.0824 e. The maximum atomic E-state index is 8.97. The molecular weight excluding hydrogens is 164 g/mol. The second-order valence-corrected chi connectivity index (χ2v) is 3.38. The Morgan fingerprint density at radius 3 is 3.08 bits per heavy atom. The predicted octanol–water partition coefficient (Wildman–Crippen LogP) is -0.0945. The number of aliphatic hydroxyl groups excluding tert-OH is 1. The molecule has 13 heavy (non-hydrogen) atoms. The Morgan fingerprint density at radius 1 is 1.54 bits per heavy atom. The van der Waals surface area contributed by atoms with Gasteiger partial charge in [-0.1, -0.05) is 24.3 Å². The molecule has 0 saturated heterocycles. The van der Waals surface area contributed by atoms with Crippen molar-refractivity contribution in [1.82, 2.24) is 5.32 Å². The molecular formula is C10H14N2O. The summed E-state index contributed by atoms with van der Waals surface area (Å²) in [6, 6.07) is 0.275. The molecule has 4 N–H and O–H groups in total. The molecule has 1 aliphatic carbocycles. The first kappa shape index (κ1) is 8.53. The van der Waals surface area contributed by atoms with Crippen LogP contribution in [0.1, 0.15) is 0 Å². The van der Waals surface area contributed by atoms with Gasteiger partial charge >= 0.3 is 0 Å². The van der Waals surface area contributed by atoms with E-state index >= 15 is 0 Å². The van der Waals surface area contributed by atoms with E-state index in [4.69, 9.17) is 10.8 Å². The molecule has 2 atom stereocenters. The lowest BCUT2D eigenvalue weighted by atomic mass is 9.91. The van der Waals surface area contributed by atoms with Gasteiger partial charge in [0.15, 0.2) is 0 Å². The minimum Gasteiger partial charge on any atom is -0.390 e. The number of hydrogen-bond donors (Lipinski definition) is 3. The third-order valence-electron chi connectivity index (χ3n) is 2.57. The van der Waals surface area contributed by atoms with Crippen LogP contribution in [0.5, 0.6) is 0 Å². The summed E-state index contributed by atoms with van der Waals surface area (Å²) in [6.07, 6.45) is 8.26. The Kier molecular flexibility index (Phi) is 2.20. The lowest BCUT2D eigenvalue weighted by Crippen LogP contribution is -2.34. The lowest BCUT2D eigenvalue weighted by Gasteiger charge is -2.23. The zero-order chi connectivity index (χ0) is 9.26. The van der Waals surface area contributed by atoms with E-state index in [0.29, 0.717) is 12.5 Å². The molecule has 3 heteroatoms. The molecule has 0 aromatic heterocycles. The Labute approximate surface area is 77.6 Å². The summed E-state index contributed by atoms with van der Waals surface area (Å²) < 4.78 is 0. The fourth-order valence-corrected chi connectivity index (χ4v) is 1.88. The largest absolute Gasteiger partial charge is 0.390 e. The van der Waals surface area contributed by atoms with Crippen LogP contribution in [-0.2, 0) is 0 Å². The van der Waals surface area contributed by atoms with Gasteiger partial charge in [0.05, 0.1) is 12.6 Å². The fourth-order valence-electron chi connectivity index (χ4n) is 1.88. The van der Waals surface area contributed by atoms with E-state index in [0.717, 1.165) is 5.70 Å². The Hall–Kier alpha value is -1.06. The second kappa shape index (κ2) is 3.36. The van der Waals surface area contributed by atoms with Crippen LogP contribution < -0.4 is 11.1 Å². The van der Waals surface area contributed by atoms with Gasteiger partial charge in [0.25, 0.3) is 0 Å². The molecule has 3 nitrogen and oxygen atoms in total. The standard InChI is InChI=1S/C10H14N2O/c11-5-8-3-1-2-7-4-9(6-13)12-10(7)8/h1-4,7,10,12-13H,5-6,11H2. The third-order valence-corrected chi connectivity index (χ3v) is 2.57. The number of nitrogens with one attached hydrogen (secondary N) is 1. The Balaban J connectivity index is 2.18. The van der Waals surface area contributed by atoms with Gasteiger partial charge in [-0.25, -0.2) is 0 Å². The molecule has 0 fully saturated rings. The minimum absolute atomic E-state index is 0.0820. The smallest absolute Gasteiger partial charge is 0.0824 e. The van der Waals surface area contributed by atoms with Crippen LogP contribution in [0.4, 0.5) is 0 Å². The normalized spacial score (nSPS) is 30.6. The zero-order valence-corrected chi connectivity index (χ0v) is 7.40. The summed E-state index contributed by atoms with van der Waals surface area (Å²) in [6.45, 7) is 0.656.